The van der Waals surface area contributed by atoms with Crippen molar-refractivity contribution in [2.75, 3.05) is 6.61 Å². The highest BCUT2D eigenvalue weighted by molar-refractivity contribution is 7.09. The Bertz CT molecular complexity index is 342. The van der Waals surface area contributed by atoms with E-state index in [-0.39, 0.29) is 12.5 Å². The van der Waals surface area contributed by atoms with E-state index in [1.165, 1.54) is 37.8 Å². The summed E-state index contributed by atoms with van der Waals surface area (Å²) in [6, 6.07) is 0. The van der Waals surface area contributed by atoms with Gasteiger partial charge in [0.2, 0.25) is 0 Å². The van der Waals surface area contributed by atoms with Crippen LogP contribution in [-0.2, 0) is 0 Å². The molecule has 17 heavy (non-hydrogen) atoms. The highest BCUT2D eigenvalue weighted by Crippen LogP contribution is 2.35. The second-order valence-corrected chi connectivity index (χ2v) is 6.37. The Kier molecular flexibility index (Phi) is 4.57. The molecule has 3 heteroatoms. The molecule has 2 nitrogen and oxygen atoms in total. The zero-order valence-corrected chi connectivity index (χ0v) is 11.7. The Morgan fingerprint density at radius 3 is 2.65 bits per heavy atom. The molecule has 96 valence electrons. The van der Waals surface area contributed by atoms with E-state index >= 15 is 0 Å². The number of rotatable bonds is 4. The summed E-state index contributed by atoms with van der Waals surface area (Å²) in [6.07, 6.45) is 6.69. The summed E-state index contributed by atoms with van der Waals surface area (Å²) >= 11 is 1.73. The zero-order chi connectivity index (χ0) is 12.3. The lowest BCUT2D eigenvalue weighted by atomic mass is 9.87. The molecule has 1 N–H and O–H groups in total. The van der Waals surface area contributed by atoms with Gasteiger partial charge in [-0.15, -0.1) is 11.3 Å². The predicted molar refractivity (Wildman–Crippen MR) is 72.6 cm³/mol. The maximum Gasteiger partial charge on any atom is 0.0984 e. The van der Waals surface area contributed by atoms with Crippen molar-refractivity contribution < 1.29 is 5.11 Å². The van der Waals surface area contributed by atoms with Gasteiger partial charge in [-0.05, 0) is 18.8 Å². The van der Waals surface area contributed by atoms with Crippen LogP contribution in [0, 0.1) is 5.92 Å². The van der Waals surface area contributed by atoms with E-state index in [0.717, 1.165) is 5.01 Å². The molecule has 1 aromatic rings. The third-order valence-corrected chi connectivity index (χ3v) is 4.88. The lowest BCUT2D eigenvalue weighted by molar-refractivity contribution is 0.237. The first-order chi connectivity index (χ1) is 8.22. The number of aliphatic hydroxyl groups is 1. The van der Waals surface area contributed by atoms with Crippen LogP contribution in [0.4, 0.5) is 0 Å². The van der Waals surface area contributed by atoms with E-state index in [1.807, 2.05) is 0 Å². The van der Waals surface area contributed by atoms with Crippen LogP contribution in [0.2, 0.25) is 0 Å². The maximum absolute atomic E-state index is 9.44. The molecule has 1 aliphatic rings. The minimum Gasteiger partial charge on any atom is -0.396 e. The molecular formula is C14H23NOS. The zero-order valence-electron chi connectivity index (χ0n) is 10.9. The smallest absolute Gasteiger partial charge is 0.0984 e. The first kappa shape index (κ1) is 13.0. The third kappa shape index (κ3) is 3.08. The van der Waals surface area contributed by atoms with Crippen molar-refractivity contribution >= 4 is 11.3 Å². The average Bonchev–Trinajstić information content (AvgIpc) is 2.80. The van der Waals surface area contributed by atoms with Crippen molar-refractivity contribution in [3.05, 3.63) is 16.1 Å². The molecule has 0 spiro atoms. The van der Waals surface area contributed by atoms with Crippen molar-refractivity contribution in [3.8, 4) is 0 Å². The first-order valence-corrected chi connectivity index (χ1v) is 7.66. The molecule has 0 bridgehead atoms. The van der Waals surface area contributed by atoms with Gasteiger partial charge in [-0.1, -0.05) is 33.1 Å². The van der Waals surface area contributed by atoms with Gasteiger partial charge in [-0.25, -0.2) is 4.98 Å². The van der Waals surface area contributed by atoms with Gasteiger partial charge in [-0.2, -0.15) is 0 Å². The van der Waals surface area contributed by atoms with Crippen molar-refractivity contribution in [1.82, 2.24) is 4.98 Å². The van der Waals surface area contributed by atoms with Crippen LogP contribution in [0.25, 0.3) is 0 Å². The summed E-state index contributed by atoms with van der Waals surface area (Å²) in [5, 5.41) is 12.8. The topological polar surface area (TPSA) is 33.1 Å². The predicted octanol–water partition coefficient (Wildman–Crippen LogP) is 3.92. The second-order valence-electron chi connectivity index (χ2n) is 5.48. The van der Waals surface area contributed by atoms with Gasteiger partial charge in [-0.3, -0.25) is 0 Å². The van der Waals surface area contributed by atoms with E-state index in [4.69, 9.17) is 4.98 Å². The quantitative estimate of drug-likeness (QED) is 0.882. The molecule has 1 saturated carbocycles. The monoisotopic (exact) mass is 253 g/mol. The van der Waals surface area contributed by atoms with Crippen molar-refractivity contribution in [2.45, 2.75) is 57.8 Å². The molecule has 1 aliphatic carbocycles. The number of nitrogens with zero attached hydrogens (tertiary/aromatic N) is 1. The largest absolute Gasteiger partial charge is 0.396 e. The molecule has 0 aliphatic heterocycles. The Morgan fingerprint density at radius 2 is 2.06 bits per heavy atom. The van der Waals surface area contributed by atoms with Gasteiger partial charge in [0, 0.05) is 17.2 Å². The fraction of sp³-hybridized carbons (Fsp3) is 0.786. The van der Waals surface area contributed by atoms with Gasteiger partial charge in [0.25, 0.3) is 0 Å². The summed E-state index contributed by atoms with van der Waals surface area (Å²) in [6.45, 7) is 4.53. The van der Waals surface area contributed by atoms with E-state index in [2.05, 4.69) is 19.2 Å². The molecular weight excluding hydrogens is 230 g/mol. The minimum atomic E-state index is 0.218. The van der Waals surface area contributed by atoms with Gasteiger partial charge < -0.3 is 5.11 Å². The Balaban J connectivity index is 2.08. The van der Waals surface area contributed by atoms with Crippen LogP contribution < -0.4 is 0 Å². The second kappa shape index (κ2) is 5.96. The highest BCUT2D eigenvalue weighted by atomic mass is 32.1. The summed E-state index contributed by atoms with van der Waals surface area (Å²) in [5.41, 5.74) is 1.28. The van der Waals surface area contributed by atoms with E-state index in [0.29, 0.717) is 11.8 Å². The molecule has 1 unspecified atom stereocenters. The van der Waals surface area contributed by atoms with Crippen molar-refractivity contribution in [2.24, 2.45) is 5.92 Å². The van der Waals surface area contributed by atoms with Gasteiger partial charge >= 0.3 is 0 Å². The highest BCUT2D eigenvalue weighted by Gasteiger charge is 2.22. The van der Waals surface area contributed by atoms with E-state index in [9.17, 15) is 5.11 Å². The summed E-state index contributed by atoms with van der Waals surface area (Å²) < 4.78 is 0. The molecule has 0 aromatic carbocycles. The number of hydrogen-bond acceptors (Lipinski definition) is 3. The summed E-state index contributed by atoms with van der Waals surface area (Å²) in [5.74, 6) is 1.36. The Hall–Kier alpha value is -0.410. The fourth-order valence-electron chi connectivity index (χ4n) is 2.63. The van der Waals surface area contributed by atoms with Gasteiger partial charge in [0.1, 0.15) is 0 Å². The van der Waals surface area contributed by atoms with Crippen LogP contribution in [0.5, 0.6) is 0 Å². The van der Waals surface area contributed by atoms with E-state index < -0.39 is 0 Å². The summed E-state index contributed by atoms with van der Waals surface area (Å²) in [4.78, 5) is 4.78. The van der Waals surface area contributed by atoms with Crippen LogP contribution in [0.1, 0.15) is 68.5 Å². The number of thiazole rings is 1. The Morgan fingerprint density at radius 1 is 1.35 bits per heavy atom. The van der Waals surface area contributed by atoms with Crippen molar-refractivity contribution in [1.29, 1.82) is 0 Å². The van der Waals surface area contributed by atoms with Crippen LogP contribution in [0.3, 0.4) is 0 Å². The third-order valence-electron chi connectivity index (χ3n) is 3.88. The van der Waals surface area contributed by atoms with E-state index in [1.54, 1.807) is 11.3 Å². The van der Waals surface area contributed by atoms with Crippen LogP contribution in [-0.4, -0.2) is 16.7 Å². The number of aromatic nitrogens is 1. The van der Waals surface area contributed by atoms with Gasteiger partial charge in [0.05, 0.1) is 17.3 Å². The molecule has 2 rings (SSSR count). The normalized spacial score (nSPS) is 19.8. The average molecular weight is 253 g/mol. The van der Waals surface area contributed by atoms with Crippen LogP contribution in [0.15, 0.2) is 5.38 Å². The fourth-order valence-corrected chi connectivity index (χ4v) is 3.80. The molecule has 0 saturated heterocycles. The molecule has 1 atom stereocenters. The molecule has 1 fully saturated rings. The van der Waals surface area contributed by atoms with Crippen molar-refractivity contribution in [3.63, 3.8) is 0 Å². The lowest BCUT2D eigenvalue weighted by Gasteiger charge is -2.20. The summed E-state index contributed by atoms with van der Waals surface area (Å²) in [7, 11) is 0. The Labute approximate surface area is 108 Å². The lowest BCUT2D eigenvalue weighted by Crippen LogP contribution is -2.11. The van der Waals surface area contributed by atoms with Crippen LogP contribution >= 0.6 is 11.3 Å². The number of hydrogen-bond donors (Lipinski definition) is 1. The molecule has 1 aromatic heterocycles. The van der Waals surface area contributed by atoms with Gasteiger partial charge in [0.15, 0.2) is 0 Å². The number of aliphatic hydroxyl groups excluding tert-OH is 1. The molecule has 0 radical (unpaired) electrons. The standard InChI is InChI=1S/C14H23NOS/c1-10(2)12(8-16)14-15-13(9-17-14)11-6-4-3-5-7-11/h9-12,16H,3-8H2,1-2H3. The molecule has 0 amide bonds. The first-order valence-electron chi connectivity index (χ1n) is 6.78. The minimum absolute atomic E-state index is 0.218. The maximum atomic E-state index is 9.44. The molecule has 1 heterocycles. The SMILES string of the molecule is CC(C)C(CO)c1nc(C2CCCCC2)cs1.